The van der Waals surface area contributed by atoms with Crippen LogP contribution in [0.1, 0.15) is 26.0 Å². The van der Waals surface area contributed by atoms with E-state index in [0.29, 0.717) is 10.3 Å². The predicted molar refractivity (Wildman–Crippen MR) is 96.0 cm³/mol. The van der Waals surface area contributed by atoms with E-state index < -0.39 is 0 Å². The van der Waals surface area contributed by atoms with Gasteiger partial charge in [0.2, 0.25) is 0 Å². The van der Waals surface area contributed by atoms with E-state index in [0.717, 1.165) is 40.0 Å². The van der Waals surface area contributed by atoms with E-state index in [1.54, 1.807) is 12.1 Å². The molecule has 1 heterocycles. The summed E-state index contributed by atoms with van der Waals surface area (Å²) in [7, 11) is 0. The van der Waals surface area contributed by atoms with Gasteiger partial charge in [-0.2, -0.15) is 0 Å². The highest BCUT2D eigenvalue weighted by atomic mass is 127. The summed E-state index contributed by atoms with van der Waals surface area (Å²) in [6.07, 6.45) is 1.86. The van der Waals surface area contributed by atoms with Crippen LogP contribution in [0.2, 0.25) is 0 Å². The Morgan fingerprint density at radius 1 is 1.29 bits per heavy atom. The fraction of sp³-hybridized carbons (Fsp3) is 0.333. The summed E-state index contributed by atoms with van der Waals surface area (Å²) in [6.45, 7) is 5.04. The van der Waals surface area contributed by atoms with Gasteiger partial charge < -0.3 is 5.32 Å². The topological polar surface area (TPSA) is 37.8 Å². The maximum Gasteiger partial charge on any atom is 0.161 e. The van der Waals surface area contributed by atoms with Crippen LogP contribution in [0, 0.1) is 9.39 Å². The molecule has 6 heteroatoms. The van der Waals surface area contributed by atoms with Crippen molar-refractivity contribution in [3.63, 3.8) is 0 Å². The highest BCUT2D eigenvalue weighted by Gasteiger charge is 2.13. The average Bonchev–Trinajstić information content (AvgIpc) is 2.49. The van der Waals surface area contributed by atoms with Gasteiger partial charge >= 0.3 is 0 Å². The van der Waals surface area contributed by atoms with E-state index in [9.17, 15) is 4.39 Å². The zero-order valence-electron chi connectivity index (χ0n) is 11.9. The summed E-state index contributed by atoms with van der Waals surface area (Å²) < 4.78 is 14.8. The number of hydrogen-bond acceptors (Lipinski definition) is 3. The molecular formula is C15H16BrFIN3. The summed E-state index contributed by atoms with van der Waals surface area (Å²) in [5, 5.41) is 3.33. The third-order valence-electron chi connectivity index (χ3n) is 2.97. The lowest BCUT2D eigenvalue weighted by atomic mass is 10.2. The van der Waals surface area contributed by atoms with Crippen molar-refractivity contribution in [3.05, 3.63) is 37.8 Å². The highest BCUT2D eigenvalue weighted by Crippen LogP contribution is 2.27. The number of benzene rings is 1. The van der Waals surface area contributed by atoms with Crippen molar-refractivity contribution in [1.29, 1.82) is 0 Å². The van der Waals surface area contributed by atoms with Crippen molar-refractivity contribution in [3.8, 4) is 11.4 Å². The first-order valence-corrected chi connectivity index (χ1v) is 8.69. The maximum atomic E-state index is 13.4. The van der Waals surface area contributed by atoms with Crippen LogP contribution in [0.25, 0.3) is 11.4 Å². The quantitative estimate of drug-likeness (QED) is 0.631. The maximum absolute atomic E-state index is 13.4. The van der Waals surface area contributed by atoms with Crippen molar-refractivity contribution in [1.82, 2.24) is 9.97 Å². The Hall–Kier alpha value is -0.760. The van der Waals surface area contributed by atoms with Crippen LogP contribution < -0.4 is 5.32 Å². The molecule has 0 atom stereocenters. The van der Waals surface area contributed by atoms with Crippen LogP contribution in [-0.2, 0) is 6.42 Å². The fourth-order valence-corrected chi connectivity index (χ4v) is 3.04. The van der Waals surface area contributed by atoms with Crippen molar-refractivity contribution in [2.45, 2.75) is 26.7 Å². The lowest BCUT2D eigenvalue weighted by Gasteiger charge is -2.12. The standard InChI is InChI=1S/C15H16BrFIN3/c1-3-7-19-15-13(18)12(4-2)20-14(21-15)9-5-6-11(17)10(16)8-9/h5-6,8H,3-4,7H2,1-2H3,(H,19,20,21). The number of aryl methyl sites for hydroxylation is 1. The molecule has 2 rings (SSSR count). The van der Waals surface area contributed by atoms with Gasteiger partial charge in [0.05, 0.1) is 13.7 Å². The van der Waals surface area contributed by atoms with E-state index in [-0.39, 0.29) is 5.82 Å². The molecule has 0 bridgehead atoms. The first-order chi connectivity index (χ1) is 10.1. The minimum absolute atomic E-state index is 0.288. The Kier molecular flexibility index (Phi) is 5.92. The number of hydrogen-bond donors (Lipinski definition) is 1. The third kappa shape index (κ3) is 3.91. The lowest BCUT2D eigenvalue weighted by Crippen LogP contribution is -2.08. The van der Waals surface area contributed by atoms with Crippen LogP contribution in [0.4, 0.5) is 10.2 Å². The zero-order valence-corrected chi connectivity index (χ0v) is 15.6. The molecule has 1 aromatic carbocycles. The molecule has 1 aromatic heterocycles. The zero-order chi connectivity index (χ0) is 15.4. The summed E-state index contributed by atoms with van der Waals surface area (Å²) in [6, 6.07) is 4.83. The highest BCUT2D eigenvalue weighted by molar-refractivity contribution is 14.1. The second kappa shape index (κ2) is 7.49. The molecule has 2 aromatic rings. The number of rotatable bonds is 5. The molecular weight excluding hydrogens is 448 g/mol. The van der Waals surface area contributed by atoms with Crippen LogP contribution >= 0.6 is 38.5 Å². The smallest absolute Gasteiger partial charge is 0.161 e. The lowest BCUT2D eigenvalue weighted by molar-refractivity contribution is 0.621. The summed E-state index contributed by atoms with van der Waals surface area (Å²) in [5.41, 5.74) is 1.80. The molecule has 0 aliphatic heterocycles. The number of halogens is 3. The van der Waals surface area contributed by atoms with Crippen LogP contribution in [0.3, 0.4) is 0 Å². The number of nitrogens with one attached hydrogen (secondary N) is 1. The molecule has 21 heavy (non-hydrogen) atoms. The van der Waals surface area contributed by atoms with Gasteiger partial charge in [0.25, 0.3) is 0 Å². The minimum atomic E-state index is -0.288. The van der Waals surface area contributed by atoms with E-state index in [4.69, 9.17) is 0 Å². The average molecular weight is 464 g/mol. The van der Waals surface area contributed by atoms with Gasteiger partial charge in [0.1, 0.15) is 11.6 Å². The molecule has 1 N–H and O–H groups in total. The second-order valence-corrected chi connectivity index (χ2v) is 6.50. The number of nitrogens with zero attached hydrogens (tertiary/aromatic N) is 2. The molecule has 112 valence electrons. The number of aromatic nitrogens is 2. The van der Waals surface area contributed by atoms with Crippen LogP contribution in [-0.4, -0.2) is 16.5 Å². The first kappa shape index (κ1) is 16.6. The van der Waals surface area contributed by atoms with E-state index >= 15 is 0 Å². The normalized spacial score (nSPS) is 10.7. The van der Waals surface area contributed by atoms with Gasteiger partial charge in [0.15, 0.2) is 5.82 Å². The second-order valence-electron chi connectivity index (χ2n) is 4.57. The molecule has 0 radical (unpaired) electrons. The van der Waals surface area contributed by atoms with Crippen molar-refractivity contribution >= 4 is 44.3 Å². The molecule has 0 saturated carbocycles. The Labute approximate surface area is 146 Å². The first-order valence-electron chi connectivity index (χ1n) is 6.82. The molecule has 0 spiro atoms. The monoisotopic (exact) mass is 463 g/mol. The Bertz CT molecular complexity index is 649. The van der Waals surface area contributed by atoms with Gasteiger partial charge in [-0.05, 0) is 69.6 Å². The SMILES string of the molecule is CCCNc1nc(-c2ccc(F)c(Br)c2)nc(CC)c1I. The van der Waals surface area contributed by atoms with Gasteiger partial charge in [-0.25, -0.2) is 14.4 Å². The fourth-order valence-electron chi connectivity index (χ4n) is 1.85. The summed E-state index contributed by atoms with van der Waals surface area (Å²) in [4.78, 5) is 9.19. The molecule has 0 aliphatic carbocycles. The van der Waals surface area contributed by atoms with E-state index in [2.05, 4.69) is 67.7 Å². The van der Waals surface area contributed by atoms with Crippen molar-refractivity contribution in [2.75, 3.05) is 11.9 Å². The van der Waals surface area contributed by atoms with E-state index in [1.807, 2.05) is 0 Å². The largest absolute Gasteiger partial charge is 0.369 e. The van der Waals surface area contributed by atoms with Gasteiger partial charge in [-0.1, -0.05) is 13.8 Å². The Balaban J connectivity index is 2.49. The predicted octanol–water partition coefficient (Wildman–Crippen LogP) is 5.03. The molecule has 3 nitrogen and oxygen atoms in total. The Morgan fingerprint density at radius 2 is 2.05 bits per heavy atom. The minimum Gasteiger partial charge on any atom is -0.369 e. The molecule has 0 fully saturated rings. The van der Waals surface area contributed by atoms with Crippen LogP contribution in [0.5, 0.6) is 0 Å². The van der Waals surface area contributed by atoms with Gasteiger partial charge in [0, 0.05) is 12.1 Å². The summed E-state index contributed by atoms with van der Waals surface area (Å²) in [5.74, 6) is 1.18. The number of anilines is 1. The van der Waals surface area contributed by atoms with Crippen molar-refractivity contribution in [2.24, 2.45) is 0 Å². The molecule has 0 amide bonds. The van der Waals surface area contributed by atoms with Crippen molar-refractivity contribution < 1.29 is 4.39 Å². The summed E-state index contributed by atoms with van der Waals surface area (Å²) >= 11 is 5.48. The van der Waals surface area contributed by atoms with Gasteiger partial charge in [-0.15, -0.1) is 0 Å². The Morgan fingerprint density at radius 3 is 2.67 bits per heavy atom. The third-order valence-corrected chi connectivity index (χ3v) is 4.72. The molecule has 0 unspecified atom stereocenters. The van der Waals surface area contributed by atoms with Gasteiger partial charge in [-0.3, -0.25) is 0 Å². The molecule has 0 aliphatic rings. The van der Waals surface area contributed by atoms with E-state index in [1.165, 1.54) is 6.07 Å². The molecule has 0 saturated heterocycles. The van der Waals surface area contributed by atoms with Crippen LogP contribution in [0.15, 0.2) is 22.7 Å².